The quantitative estimate of drug-likeness (QED) is 0.661. The third-order valence-electron chi connectivity index (χ3n) is 4.16. The Balaban J connectivity index is 2.11. The molecule has 0 saturated carbocycles. The van der Waals surface area contributed by atoms with Gasteiger partial charge in [0.25, 0.3) is 5.91 Å². The summed E-state index contributed by atoms with van der Waals surface area (Å²) in [7, 11) is -2.13. The van der Waals surface area contributed by atoms with Gasteiger partial charge in [-0.15, -0.1) is 0 Å². The first-order valence-corrected chi connectivity index (χ1v) is 10.2. The van der Waals surface area contributed by atoms with Crippen LogP contribution in [-0.4, -0.2) is 28.0 Å². The zero-order valence-electron chi connectivity index (χ0n) is 16.0. The van der Waals surface area contributed by atoms with E-state index in [1.54, 1.807) is 7.11 Å². The Bertz CT molecular complexity index is 980. The zero-order valence-corrected chi connectivity index (χ0v) is 16.8. The Morgan fingerprint density at radius 3 is 2.50 bits per heavy atom. The number of aryl methyl sites for hydroxylation is 1. The molecular formula is C20H23N3O4S. The molecular weight excluding hydrogens is 378 g/mol. The number of nitriles is 1. The number of benzene rings is 2. The predicted molar refractivity (Wildman–Crippen MR) is 105 cm³/mol. The monoisotopic (exact) mass is 401 g/mol. The average molecular weight is 401 g/mol. The average Bonchev–Trinajstić information content (AvgIpc) is 2.68. The molecule has 1 atom stereocenters. The second kappa shape index (κ2) is 9.35. The predicted octanol–water partition coefficient (Wildman–Crippen LogP) is 2.69. The molecule has 0 aliphatic heterocycles. The van der Waals surface area contributed by atoms with E-state index in [4.69, 9.17) is 10.00 Å². The zero-order chi connectivity index (χ0) is 20.7. The van der Waals surface area contributed by atoms with Gasteiger partial charge >= 0.3 is 0 Å². The Morgan fingerprint density at radius 2 is 1.89 bits per heavy atom. The summed E-state index contributed by atoms with van der Waals surface area (Å²) in [6, 6.07) is 12.9. The third kappa shape index (κ3) is 5.31. The molecule has 0 aliphatic carbocycles. The van der Waals surface area contributed by atoms with Gasteiger partial charge in [0.05, 0.1) is 24.1 Å². The molecule has 7 nitrogen and oxygen atoms in total. The van der Waals surface area contributed by atoms with Crippen LogP contribution < -0.4 is 14.8 Å². The molecule has 0 aromatic heterocycles. The van der Waals surface area contributed by atoms with Crippen molar-refractivity contribution in [1.29, 1.82) is 5.26 Å². The van der Waals surface area contributed by atoms with Gasteiger partial charge in [0.2, 0.25) is 10.0 Å². The highest BCUT2D eigenvalue weighted by atomic mass is 32.2. The van der Waals surface area contributed by atoms with Crippen molar-refractivity contribution < 1.29 is 17.9 Å². The van der Waals surface area contributed by atoms with Crippen molar-refractivity contribution in [1.82, 2.24) is 10.0 Å². The Kier molecular flexibility index (Phi) is 7.15. The van der Waals surface area contributed by atoms with Crippen LogP contribution in [0.5, 0.6) is 5.75 Å². The highest BCUT2D eigenvalue weighted by molar-refractivity contribution is 7.89. The Labute approximate surface area is 165 Å². The van der Waals surface area contributed by atoms with Crippen LogP contribution in [0.15, 0.2) is 47.4 Å². The first-order chi connectivity index (χ1) is 13.3. The van der Waals surface area contributed by atoms with Crippen molar-refractivity contribution >= 4 is 15.9 Å². The largest absolute Gasteiger partial charge is 0.496 e. The van der Waals surface area contributed by atoms with Crippen LogP contribution in [0.3, 0.4) is 0 Å². The van der Waals surface area contributed by atoms with E-state index in [1.165, 1.54) is 24.3 Å². The van der Waals surface area contributed by atoms with E-state index >= 15 is 0 Å². The maximum Gasteiger partial charge on any atom is 0.251 e. The third-order valence-corrected chi connectivity index (χ3v) is 5.63. The van der Waals surface area contributed by atoms with Crippen molar-refractivity contribution in [3.63, 3.8) is 0 Å². The molecule has 0 heterocycles. The normalized spacial score (nSPS) is 12.1. The highest BCUT2D eigenvalue weighted by Gasteiger charge is 2.17. The number of rotatable bonds is 8. The van der Waals surface area contributed by atoms with E-state index in [0.29, 0.717) is 11.3 Å². The molecule has 0 aliphatic rings. The summed E-state index contributed by atoms with van der Waals surface area (Å²) in [5.41, 5.74) is 2.25. The van der Waals surface area contributed by atoms with Crippen LogP contribution in [0.4, 0.5) is 0 Å². The minimum atomic E-state index is -3.70. The molecule has 1 amide bonds. The molecule has 2 N–H and O–H groups in total. The lowest BCUT2D eigenvalue weighted by molar-refractivity contribution is 0.0939. The van der Waals surface area contributed by atoms with Gasteiger partial charge in [-0.05, 0) is 44.2 Å². The SMILES string of the molecule is COc1ccc(C)cc1[C@@H](C)NC(=O)c1ccc(S(=O)(=O)NCCC#N)cc1. The van der Waals surface area contributed by atoms with Gasteiger partial charge in [-0.1, -0.05) is 17.7 Å². The maximum atomic E-state index is 12.5. The molecule has 0 radical (unpaired) electrons. The van der Waals surface area contributed by atoms with E-state index in [9.17, 15) is 13.2 Å². The molecule has 2 aromatic carbocycles. The van der Waals surface area contributed by atoms with Gasteiger partial charge in [-0.2, -0.15) is 5.26 Å². The first-order valence-electron chi connectivity index (χ1n) is 8.70. The number of hydrogen-bond donors (Lipinski definition) is 2. The Morgan fingerprint density at radius 1 is 1.21 bits per heavy atom. The van der Waals surface area contributed by atoms with Crippen LogP contribution in [0, 0.1) is 18.3 Å². The summed E-state index contributed by atoms with van der Waals surface area (Å²) in [6.07, 6.45) is 0.0834. The van der Waals surface area contributed by atoms with Crippen molar-refractivity contribution in [2.75, 3.05) is 13.7 Å². The van der Waals surface area contributed by atoms with Gasteiger partial charge < -0.3 is 10.1 Å². The Hall–Kier alpha value is -2.89. The molecule has 2 rings (SSSR count). The lowest BCUT2D eigenvalue weighted by atomic mass is 10.0. The summed E-state index contributed by atoms with van der Waals surface area (Å²) in [4.78, 5) is 12.6. The summed E-state index contributed by atoms with van der Waals surface area (Å²) < 4.78 is 31.9. The van der Waals surface area contributed by atoms with Gasteiger partial charge in [0.1, 0.15) is 5.75 Å². The molecule has 0 unspecified atom stereocenters. The lowest BCUT2D eigenvalue weighted by Crippen LogP contribution is -2.27. The van der Waals surface area contributed by atoms with Gasteiger partial charge in [-0.25, -0.2) is 13.1 Å². The number of methoxy groups -OCH3 is 1. The number of hydrogen-bond acceptors (Lipinski definition) is 5. The van der Waals surface area contributed by atoms with Crippen LogP contribution in [0.25, 0.3) is 0 Å². The molecule has 0 bridgehead atoms. The molecule has 2 aromatic rings. The molecule has 8 heteroatoms. The van der Waals surface area contributed by atoms with E-state index in [-0.39, 0.29) is 29.8 Å². The van der Waals surface area contributed by atoms with E-state index < -0.39 is 10.0 Å². The molecule has 148 valence electrons. The summed E-state index contributed by atoms with van der Waals surface area (Å²) >= 11 is 0. The van der Waals surface area contributed by atoms with Crippen LogP contribution in [-0.2, 0) is 10.0 Å². The van der Waals surface area contributed by atoms with E-state index in [0.717, 1.165) is 11.1 Å². The van der Waals surface area contributed by atoms with Crippen molar-refractivity contribution in [2.24, 2.45) is 0 Å². The fourth-order valence-corrected chi connectivity index (χ4v) is 3.69. The van der Waals surface area contributed by atoms with Crippen molar-refractivity contribution in [3.05, 3.63) is 59.2 Å². The summed E-state index contributed by atoms with van der Waals surface area (Å²) in [5, 5.41) is 11.4. The number of carbonyl (C=O) groups is 1. The fraction of sp³-hybridized carbons (Fsp3) is 0.300. The minimum Gasteiger partial charge on any atom is -0.496 e. The summed E-state index contributed by atoms with van der Waals surface area (Å²) in [6.45, 7) is 3.85. The second-order valence-electron chi connectivity index (χ2n) is 6.27. The number of nitrogens with one attached hydrogen (secondary N) is 2. The van der Waals surface area contributed by atoms with Gasteiger partial charge in [0, 0.05) is 24.1 Å². The topological polar surface area (TPSA) is 108 Å². The molecule has 0 spiro atoms. The van der Waals surface area contributed by atoms with Crippen LogP contribution in [0.1, 0.15) is 40.9 Å². The fourth-order valence-electron chi connectivity index (χ4n) is 2.66. The maximum absolute atomic E-state index is 12.5. The number of amides is 1. The molecule has 0 saturated heterocycles. The van der Waals surface area contributed by atoms with E-state index in [2.05, 4.69) is 10.0 Å². The van der Waals surface area contributed by atoms with Crippen molar-refractivity contribution in [2.45, 2.75) is 31.2 Å². The van der Waals surface area contributed by atoms with Gasteiger partial charge in [-0.3, -0.25) is 4.79 Å². The van der Waals surface area contributed by atoms with Crippen LogP contribution in [0.2, 0.25) is 0 Å². The van der Waals surface area contributed by atoms with Gasteiger partial charge in [0.15, 0.2) is 0 Å². The highest BCUT2D eigenvalue weighted by Crippen LogP contribution is 2.26. The number of carbonyl (C=O) groups excluding carboxylic acids is 1. The lowest BCUT2D eigenvalue weighted by Gasteiger charge is -2.18. The first kappa shape index (κ1) is 21.4. The number of sulfonamides is 1. The molecule has 28 heavy (non-hydrogen) atoms. The molecule has 0 fully saturated rings. The van der Waals surface area contributed by atoms with Crippen LogP contribution >= 0.6 is 0 Å². The van der Waals surface area contributed by atoms with E-state index in [1.807, 2.05) is 38.1 Å². The van der Waals surface area contributed by atoms with Crippen molar-refractivity contribution in [3.8, 4) is 11.8 Å². The number of ether oxygens (including phenoxy) is 1. The standard InChI is InChI=1S/C20H23N3O4S/c1-14-5-10-19(27-3)18(13-14)15(2)23-20(24)16-6-8-17(9-7-16)28(25,26)22-12-4-11-21/h5-10,13,15,22H,4,12H2,1-3H3,(H,23,24)/t15-/m1/s1. The number of nitrogens with zero attached hydrogens (tertiary/aromatic N) is 1. The minimum absolute atomic E-state index is 0.0374. The summed E-state index contributed by atoms with van der Waals surface area (Å²) in [5.74, 6) is 0.362. The smallest absolute Gasteiger partial charge is 0.251 e. The second-order valence-corrected chi connectivity index (χ2v) is 8.04.